The van der Waals surface area contributed by atoms with Gasteiger partial charge in [0.15, 0.2) is 0 Å². The molecule has 0 aromatic heterocycles. The second kappa shape index (κ2) is 9.33. The predicted molar refractivity (Wildman–Crippen MR) is 116 cm³/mol. The van der Waals surface area contributed by atoms with E-state index in [1.807, 2.05) is 6.07 Å². The molecular weight excluding hydrogens is 492 g/mol. The average molecular weight is 507 g/mol. The van der Waals surface area contributed by atoms with E-state index in [1.165, 1.54) is 12.1 Å². The third kappa shape index (κ3) is 5.46. The molecule has 0 bridgehead atoms. The molecule has 0 spiro atoms. The minimum absolute atomic E-state index is 0.0214. The molecule has 3 aromatic rings. The normalized spacial score (nSPS) is 13.3. The first-order chi connectivity index (χ1) is 16.9. The maximum atomic E-state index is 13.2. The van der Waals surface area contributed by atoms with Gasteiger partial charge in [-0.1, -0.05) is 0 Å². The summed E-state index contributed by atoms with van der Waals surface area (Å²) in [4.78, 5) is 14.0. The number of rotatable bonds is 3. The van der Waals surface area contributed by atoms with Crippen molar-refractivity contribution in [2.24, 2.45) is 0 Å². The lowest BCUT2D eigenvalue weighted by molar-refractivity contribution is -0.143. The Bertz CT molecular complexity index is 1300. The number of amides is 2. The zero-order valence-electron chi connectivity index (χ0n) is 18.1. The van der Waals surface area contributed by atoms with E-state index < -0.39 is 35.2 Å². The van der Waals surface area contributed by atoms with Crippen LogP contribution in [0.25, 0.3) is 0 Å². The minimum atomic E-state index is -5.05. The summed E-state index contributed by atoms with van der Waals surface area (Å²) in [5.41, 5.74) is -3.14. The molecule has 12 heteroatoms. The van der Waals surface area contributed by atoms with E-state index in [-0.39, 0.29) is 36.4 Å². The van der Waals surface area contributed by atoms with Crippen molar-refractivity contribution in [3.63, 3.8) is 0 Å². The molecule has 1 N–H and O–H groups in total. The molecule has 3 aromatic carbocycles. The number of carbonyl (C=O) groups excluding carboxylic acids is 1. The maximum absolute atomic E-state index is 13.2. The van der Waals surface area contributed by atoms with Crippen LogP contribution in [0.1, 0.15) is 16.7 Å². The fourth-order valence-electron chi connectivity index (χ4n) is 3.42. The quantitative estimate of drug-likeness (QED) is 0.395. The Labute approximate surface area is 200 Å². The van der Waals surface area contributed by atoms with Gasteiger partial charge in [0, 0.05) is 11.8 Å². The van der Waals surface area contributed by atoms with Crippen LogP contribution in [0.2, 0.25) is 0 Å². The highest BCUT2D eigenvalue weighted by atomic mass is 19.4. The topological polar surface area (TPSA) is 74.6 Å². The molecular formula is C24H15F6N3O3. The monoisotopic (exact) mass is 507 g/mol. The van der Waals surface area contributed by atoms with Crippen molar-refractivity contribution in [1.29, 1.82) is 5.26 Å². The van der Waals surface area contributed by atoms with Gasteiger partial charge in [0.05, 0.1) is 35.0 Å². The summed E-state index contributed by atoms with van der Waals surface area (Å²) < 4.78 is 90.2. The number of hydrogen-bond donors (Lipinski definition) is 1. The number of anilines is 2. The standard InChI is InChI=1S/C24H15F6N3O3/c25-23(26,27)15-9-16(24(28,29)30)11-17(10-15)32-22(34)33-7-8-35-21-6-5-19(12-20(21)33)36-18-3-1-14(13-31)2-4-18/h1-6,9-12H,7-8H2,(H,32,34). The fraction of sp³-hybridized carbons (Fsp3) is 0.167. The van der Waals surface area contributed by atoms with Crippen molar-refractivity contribution < 1.29 is 40.6 Å². The first-order valence-corrected chi connectivity index (χ1v) is 10.3. The van der Waals surface area contributed by atoms with E-state index in [9.17, 15) is 31.1 Å². The first kappa shape index (κ1) is 24.7. The number of ether oxygens (including phenoxy) is 2. The molecule has 0 radical (unpaired) electrons. The third-order valence-electron chi connectivity index (χ3n) is 5.10. The predicted octanol–water partition coefficient (Wildman–Crippen LogP) is 6.82. The summed E-state index contributed by atoms with van der Waals surface area (Å²) >= 11 is 0. The van der Waals surface area contributed by atoms with Crippen molar-refractivity contribution in [3.8, 4) is 23.3 Å². The fourth-order valence-corrected chi connectivity index (χ4v) is 3.42. The van der Waals surface area contributed by atoms with Crippen LogP contribution < -0.4 is 19.7 Å². The lowest BCUT2D eigenvalue weighted by Gasteiger charge is -2.30. The van der Waals surface area contributed by atoms with Crippen molar-refractivity contribution in [3.05, 3.63) is 77.4 Å². The van der Waals surface area contributed by atoms with E-state index in [1.54, 1.807) is 30.3 Å². The number of nitrogens with one attached hydrogen (secondary N) is 1. The number of urea groups is 1. The Morgan fingerprint density at radius 1 is 0.917 bits per heavy atom. The SMILES string of the molecule is N#Cc1ccc(Oc2ccc3c(c2)N(C(=O)Nc2cc(C(F)(F)F)cc(C(F)(F)F)c2)CCO3)cc1. The van der Waals surface area contributed by atoms with E-state index in [0.29, 0.717) is 23.4 Å². The van der Waals surface area contributed by atoms with Gasteiger partial charge in [-0.2, -0.15) is 31.6 Å². The Balaban J connectivity index is 1.60. The first-order valence-electron chi connectivity index (χ1n) is 10.3. The van der Waals surface area contributed by atoms with E-state index >= 15 is 0 Å². The highest BCUT2D eigenvalue weighted by Gasteiger charge is 2.37. The Hall–Kier alpha value is -4.40. The second-order valence-corrected chi connectivity index (χ2v) is 7.59. The third-order valence-corrected chi connectivity index (χ3v) is 5.10. The molecule has 0 atom stereocenters. The van der Waals surface area contributed by atoms with Crippen LogP contribution in [0, 0.1) is 11.3 Å². The van der Waals surface area contributed by atoms with Crippen molar-refractivity contribution in [2.45, 2.75) is 12.4 Å². The van der Waals surface area contributed by atoms with Gasteiger partial charge >= 0.3 is 18.4 Å². The molecule has 4 rings (SSSR count). The van der Waals surface area contributed by atoms with Crippen LogP contribution >= 0.6 is 0 Å². The molecule has 0 aliphatic carbocycles. The molecule has 6 nitrogen and oxygen atoms in total. The number of halogens is 6. The molecule has 0 saturated heterocycles. The van der Waals surface area contributed by atoms with Gasteiger partial charge in [-0.15, -0.1) is 0 Å². The summed E-state index contributed by atoms with van der Waals surface area (Å²) in [7, 11) is 0. The molecule has 0 saturated carbocycles. The molecule has 2 amide bonds. The van der Waals surface area contributed by atoms with Crippen LogP contribution in [0.4, 0.5) is 42.5 Å². The molecule has 186 valence electrons. The summed E-state index contributed by atoms with van der Waals surface area (Å²) in [5.74, 6) is 0.939. The number of nitrogens with zero attached hydrogens (tertiary/aromatic N) is 2. The van der Waals surface area contributed by atoms with Gasteiger partial charge in [-0.25, -0.2) is 4.79 Å². The second-order valence-electron chi connectivity index (χ2n) is 7.59. The van der Waals surface area contributed by atoms with Crippen LogP contribution in [-0.4, -0.2) is 19.2 Å². The summed E-state index contributed by atoms with van der Waals surface area (Å²) in [6.45, 7) is 0.0247. The highest BCUT2D eigenvalue weighted by molar-refractivity contribution is 6.03. The van der Waals surface area contributed by atoms with Crippen molar-refractivity contribution in [1.82, 2.24) is 0 Å². The lowest BCUT2D eigenvalue weighted by Crippen LogP contribution is -2.40. The summed E-state index contributed by atoms with van der Waals surface area (Å²) in [6, 6.07) is 12.6. The zero-order valence-corrected chi connectivity index (χ0v) is 18.1. The molecule has 1 aliphatic heterocycles. The van der Waals surface area contributed by atoms with Gasteiger partial charge in [-0.3, -0.25) is 4.90 Å². The van der Waals surface area contributed by atoms with Gasteiger partial charge in [0.2, 0.25) is 0 Å². The van der Waals surface area contributed by atoms with Gasteiger partial charge < -0.3 is 14.8 Å². The number of carbonyl (C=O) groups is 1. The number of fused-ring (bicyclic) bond motifs is 1. The molecule has 36 heavy (non-hydrogen) atoms. The van der Waals surface area contributed by atoms with Gasteiger partial charge in [0.1, 0.15) is 23.9 Å². The largest absolute Gasteiger partial charge is 0.490 e. The maximum Gasteiger partial charge on any atom is 0.416 e. The Kier molecular flexibility index (Phi) is 6.41. The van der Waals surface area contributed by atoms with Gasteiger partial charge in [0.25, 0.3) is 0 Å². The number of nitriles is 1. The summed E-state index contributed by atoms with van der Waals surface area (Å²) in [6.07, 6.45) is -10.1. The molecule has 0 fully saturated rings. The van der Waals surface area contributed by atoms with Crippen molar-refractivity contribution >= 4 is 17.4 Å². The van der Waals surface area contributed by atoms with Crippen LogP contribution in [-0.2, 0) is 12.4 Å². The molecule has 1 aliphatic rings. The molecule has 1 heterocycles. The summed E-state index contributed by atoms with van der Waals surface area (Å²) in [5, 5.41) is 11.0. The Morgan fingerprint density at radius 2 is 1.53 bits per heavy atom. The number of benzene rings is 3. The minimum Gasteiger partial charge on any atom is -0.490 e. The van der Waals surface area contributed by atoms with Gasteiger partial charge in [-0.05, 0) is 54.6 Å². The number of alkyl halides is 6. The van der Waals surface area contributed by atoms with Crippen LogP contribution in [0.15, 0.2) is 60.7 Å². The van der Waals surface area contributed by atoms with Crippen LogP contribution in [0.3, 0.4) is 0 Å². The molecule has 0 unspecified atom stereocenters. The lowest BCUT2D eigenvalue weighted by atomic mass is 10.1. The average Bonchev–Trinajstić information content (AvgIpc) is 2.83. The van der Waals surface area contributed by atoms with Crippen LogP contribution in [0.5, 0.6) is 17.2 Å². The van der Waals surface area contributed by atoms with E-state index in [4.69, 9.17) is 14.7 Å². The zero-order chi connectivity index (χ0) is 26.1. The van der Waals surface area contributed by atoms with E-state index in [0.717, 1.165) is 4.90 Å². The number of hydrogen-bond acceptors (Lipinski definition) is 4. The Morgan fingerprint density at radius 3 is 2.11 bits per heavy atom. The van der Waals surface area contributed by atoms with Crippen molar-refractivity contribution in [2.75, 3.05) is 23.4 Å². The highest BCUT2D eigenvalue weighted by Crippen LogP contribution is 2.39. The smallest absolute Gasteiger partial charge is 0.416 e. The van der Waals surface area contributed by atoms with E-state index in [2.05, 4.69) is 5.32 Å².